The van der Waals surface area contributed by atoms with Gasteiger partial charge >= 0.3 is 5.97 Å². The van der Waals surface area contributed by atoms with Crippen LogP contribution < -0.4 is 0 Å². The molecule has 110 valence electrons. The summed E-state index contributed by atoms with van der Waals surface area (Å²) in [7, 11) is -1.56. The van der Waals surface area contributed by atoms with Crippen LogP contribution in [-0.2, 0) is 28.8 Å². The van der Waals surface area contributed by atoms with E-state index in [9.17, 15) is 13.2 Å². The van der Waals surface area contributed by atoms with Gasteiger partial charge in [0.2, 0.25) is 0 Å². The highest BCUT2D eigenvalue weighted by atomic mass is 32.2. The van der Waals surface area contributed by atoms with E-state index in [1.165, 1.54) is 7.11 Å². The first-order valence-electron chi connectivity index (χ1n) is 6.44. The molecule has 19 heavy (non-hydrogen) atoms. The van der Waals surface area contributed by atoms with Crippen molar-refractivity contribution in [2.24, 2.45) is 5.92 Å². The number of carbonyl (C=O) groups is 1. The highest BCUT2D eigenvalue weighted by Gasteiger charge is 2.46. The summed E-state index contributed by atoms with van der Waals surface area (Å²) in [5, 5.41) is 0. The fraction of sp³-hybridized carbons (Fsp3) is 0.917. The molecule has 0 radical (unpaired) electrons. The summed E-state index contributed by atoms with van der Waals surface area (Å²) in [5.41, 5.74) is 0. The fourth-order valence-corrected chi connectivity index (χ4v) is 4.15. The Balaban J connectivity index is 1.92. The summed E-state index contributed by atoms with van der Waals surface area (Å²) in [4.78, 5) is 11.2. The number of hydrogen-bond acceptors (Lipinski definition) is 6. The average Bonchev–Trinajstić information content (AvgIpc) is 2.71. The van der Waals surface area contributed by atoms with E-state index < -0.39 is 15.6 Å². The Morgan fingerprint density at radius 1 is 1.37 bits per heavy atom. The van der Waals surface area contributed by atoms with Gasteiger partial charge in [0, 0.05) is 5.92 Å². The quantitative estimate of drug-likeness (QED) is 0.705. The standard InChI is InChI=1S/C12H20O6S/c1-12(9-3-5-19(14,15)6-4-9)17-8-10(18-12)7-11(13)16-2/h9-10H,3-8H2,1-2H3. The molecule has 0 aromatic carbocycles. The summed E-state index contributed by atoms with van der Waals surface area (Å²) in [6.45, 7) is 2.17. The van der Waals surface area contributed by atoms with Gasteiger partial charge in [0.05, 0.1) is 37.7 Å². The van der Waals surface area contributed by atoms with Crippen LogP contribution in [0, 0.1) is 5.92 Å². The summed E-state index contributed by atoms with van der Waals surface area (Å²) >= 11 is 0. The minimum absolute atomic E-state index is 0.0543. The zero-order valence-corrected chi connectivity index (χ0v) is 12.1. The van der Waals surface area contributed by atoms with Crippen molar-refractivity contribution >= 4 is 15.8 Å². The maximum absolute atomic E-state index is 11.4. The molecule has 2 aliphatic heterocycles. The Morgan fingerprint density at radius 3 is 2.58 bits per heavy atom. The second kappa shape index (κ2) is 5.38. The molecule has 2 heterocycles. The molecule has 7 heteroatoms. The van der Waals surface area contributed by atoms with Gasteiger partial charge in [0.1, 0.15) is 9.84 Å². The van der Waals surface area contributed by atoms with Crippen LogP contribution in [0.4, 0.5) is 0 Å². The first-order valence-corrected chi connectivity index (χ1v) is 8.26. The SMILES string of the molecule is COC(=O)CC1COC(C)(C2CCS(=O)(=O)CC2)O1. The van der Waals surface area contributed by atoms with E-state index >= 15 is 0 Å². The molecule has 0 aromatic heterocycles. The third kappa shape index (κ3) is 3.46. The molecule has 0 saturated carbocycles. The monoisotopic (exact) mass is 292 g/mol. The van der Waals surface area contributed by atoms with Crippen LogP contribution in [0.3, 0.4) is 0 Å². The summed E-state index contributed by atoms with van der Waals surface area (Å²) in [5.74, 6) is -0.694. The van der Waals surface area contributed by atoms with Gasteiger partial charge in [0.25, 0.3) is 0 Å². The Bertz CT molecular complexity index is 431. The van der Waals surface area contributed by atoms with Crippen LogP contribution in [0.15, 0.2) is 0 Å². The van der Waals surface area contributed by atoms with Crippen LogP contribution in [0.5, 0.6) is 0 Å². The smallest absolute Gasteiger partial charge is 0.308 e. The van der Waals surface area contributed by atoms with Crippen molar-refractivity contribution in [2.75, 3.05) is 25.2 Å². The van der Waals surface area contributed by atoms with Gasteiger partial charge in [-0.25, -0.2) is 8.42 Å². The lowest BCUT2D eigenvalue weighted by atomic mass is 9.94. The van der Waals surface area contributed by atoms with E-state index in [-0.39, 0.29) is 35.9 Å². The molecule has 2 rings (SSSR count). The lowest BCUT2D eigenvalue weighted by Gasteiger charge is -2.35. The van der Waals surface area contributed by atoms with Gasteiger partial charge in [-0.3, -0.25) is 4.79 Å². The number of rotatable bonds is 3. The van der Waals surface area contributed by atoms with Gasteiger partial charge in [-0.1, -0.05) is 0 Å². The third-order valence-electron chi connectivity index (χ3n) is 3.87. The zero-order chi connectivity index (χ0) is 14.1. The van der Waals surface area contributed by atoms with E-state index in [1.54, 1.807) is 0 Å². The number of sulfone groups is 1. The maximum atomic E-state index is 11.4. The molecule has 0 N–H and O–H groups in total. The van der Waals surface area contributed by atoms with Crippen LogP contribution in [0.25, 0.3) is 0 Å². The van der Waals surface area contributed by atoms with Crippen molar-refractivity contribution in [3.63, 3.8) is 0 Å². The second-order valence-corrected chi connectivity index (χ2v) is 7.58. The van der Waals surface area contributed by atoms with Crippen molar-refractivity contribution in [1.29, 1.82) is 0 Å². The molecule has 6 nitrogen and oxygen atoms in total. The van der Waals surface area contributed by atoms with Crippen LogP contribution in [0.2, 0.25) is 0 Å². The van der Waals surface area contributed by atoms with Crippen molar-refractivity contribution in [2.45, 2.75) is 38.1 Å². The highest BCUT2D eigenvalue weighted by molar-refractivity contribution is 7.91. The largest absolute Gasteiger partial charge is 0.469 e. The number of methoxy groups -OCH3 is 1. The molecular formula is C12H20O6S. The maximum Gasteiger partial charge on any atom is 0.308 e. The molecule has 2 saturated heterocycles. The minimum atomic E-state index is -2.89. The van der Waals surface area contributed by atoms with Gasteiger partial charge in [-0.15, -0.1) is 0 Å². The molecule has 0 spiro atoms. The minimum Gasteiger partial charge on any atom is -0.469 e. The topological polar surface area (TPSA) is 78.9 Å². The molecule has 2 fully saturated rings. The molecule has 0 aliphatic carbocycles. The predicted octanol–water partition coefficient (Wildman–Crippen LogP) is 0.506. The first kappa shape index (κ1) is 14.7. The predicted molar refractivity (Wildman–Crippen MR) is 67.2 cm³/mol. The summed E-state index contributed by atoms with van der Waals surface area (Å²) in [6.07, 6.45) is 0.945. The number of hydrogen-bond donors (Lipinski definition) is 0. The van der Waals surface area contributed by atoms with Gasteiger partial charge in [0.15, 0.2) is 5.79 Å². The second-order valence-electron chi connectivity index (χ2n) is 5.27. The van der Waals surface area contributed by atoms with Crippen LogP contribution in [0.1, 0.15) is 26.2 Å². The van der Waals surface area contributed by atoms with Crippen molar-refractivity contribution in [3.05, 3.63) is 0 Å². The van der Waals surface area contributed by atoms with E-state index in [1.807, 2.05) is 6.92 Å². The molecular weight excluding hydrogens is 272 g/mol. The number of ether oxygens (including phenoxy) is 3. The third-order valence-corrected chi connectivity index (χ3v) is 5.59. The zero-order valence-electron chi connectivity index (χ0n) is 11.3. The lowest BCUT2D eigenvalue weighted by Crippen LogP contribution is -2.41. The average molecular weight is 292 g/mol. The first-order chi connectivity index (χ1) is 8.85. The van der Waals surface area contributed by atoms with Gasteiger partial charge in [-0.05, 0) is 19.8 Å². The number of carbonyl (C=O) groups excluding carboxylic acids is 1. The normalized spacial score (nSPS) is 35.2. The highest BCUT2D eigenvalue weighted by Crippen LogP contribution is 2.38. The van der Waals surface area contributed by atoms with Crippen LogP contribution in [-0.4, -0.2) is 51.5 Å². The molecule has 0 amide bonds. The summed E-state index contributed by atoms with van der Waals surface area (Å²) in [6, 6.07) is 0. The van der Waals surface area contributed by atoms with Crippen LogP contribution >= 0.6 is 0 Å². The Hall–Kier alpha value is -0.660. The van der Waals surface area contributed by atoms with Crippen molar-refractivity contribution < 1.29 is 27.4 Å². The van der Waals surface area contributed by atoms with Crippen molar-refractivity contribution in [1.82, 2.24) is 0 Å². The fourth-order valence-electron chi connectivity index (χ4n) is 2.66. The Kier molecular flexibility index (Phi) is 4.17. The molecule has 2 atom stereocenters. The molecule has 0 aromatic rings. The number of esters is 1. The molecule has 0 bridgehead atoms. The van der Waals surface area contributed by atoms with E-state index in [4.69, 9.17) is 9.47 Å². The summed E-state index contributed by atoms with van der Waals surface area (Å²) < 4.78 is 38.9. The van der Waals surface area contributed by atoms with E-state index in [2.05, 4.69) is 4.74 Å². The Morgan fingerprint density at radius 2 is 2.00 bits per heavy atom. The van der Waals surface area contributed by atoms with E-state index in [0.29, 0.717) is 19.4 Å². The van der Waals surface area contributed by atoms with Gasteiger partial charge < -0.3 is 14.2 Å². The van der Waals surface area contributed by atoms with E-state index in [0.717, 1.165) is 0 Å². The van der Waals surface area contributed by atoms with Gasteiger partial charge in [-0.2, -0.15) is 0 Å². The lowest BCUT2D eigenvalue weighted by molar-refractivity contribution is -0.194. The molecule has 2 aliphatic rings. The Labute approximate surface area is 113 Å². The molecule has 2 unspecified atom stereocenters. The van der Waals surface area contributed by atoms with Crippen molar-refractivity contribution in [3.8, 4) is 0 Å².